The Balaban J connectivity index is -0.0000000120. The average Bonchev–Trinajstić information content (AvgIpc) is 1.31. The van der Waals surface area contributed by atoms with Crippen LogP contribution < -0.4 is 88.7 Å². The Bertz CT molecular complexity index is 139. The summed E-state index contributed by atoms with van der Waals surface area (Å²) in [5.74, 6) is 0. The minimum Gasteiger partial charge on any atom is -1.00 e. The first-order valence-corrected chi connectivity index (χ1v) is 2.85. The monoisotopic (exact) mass is 198 g/mol. The van der Waals surface area contributed by atoms with Gasteiger partial charge in [-0.2, -0.15) is 0 Å². The van der Waals surface area contributed by atoms with Gasteiger partial charge in [0.2, 0.25) is 0 Å². The van der Waals surface area contributed by atoms with Crippen LogP contribution in [0.5, 0.6) is 0 Å². The molecule has 0 aromatic carbocycles. The summed E-state index contributed by atoms with van der Waals surface area (Å²) in [5, 5.41) is 7.49. The first kappa shape index (κ1) is 22.9. The molecule has 0 rings (SSSR count). The molecule has 0 saturated heterocycles. The van der Waals surface area contributed by atoms with E-state index in [1.807, 2.05) is 0 Å². The van der Waals surface area contributed by atoms with Gasteiger partial charge in [0.1, 0.15) is 0 Å². The van der Waals surface area contributed by atoms with Gasteiger partial charge in [0.15, 0.2) is 0 Å². The number of hydrogen-bond donors (Lipinski definition) is 3. The molecule has 0 radical (unpaired) electrons. The van der Waals surface area contributed by atoms with Crippen molar-refractivity contribution >= 4 is 13.3 Å². The largest absolute Gasteiger partial charge is 1.00 e. The van der Waals surface area contributed by atoms with E-state index in [1.54, 1.807) is 0 Å². The van der Waals surface area contributed by atoms with E-state index in [9.17, 15) is 9.36 Å². The van der Waals surface area contributed by atoms with Crippen molar-refractivity contribution in [1.29, 1.82) is 0 Å². The molecule has 0 aliphatic rings. The van der Waals surface area contributed by atoms with Gasteiger partial charge in [-0.15, -0.1) is 0 Å². The zero-order chi connectivity index (χ0) is 6.08. The first-order chi connectivity index (χ1) is 2.94. The predicted molar refractivity (Wildman–Crippen MR) is 23.4 cm³/mol. The van der Waals surface area contributed by atoms with E-state index in [4.69, 9.17) is 14.9 Å². The molecule has 0 unspecified atom stereocenters. The molecule has 9 heteroatoms. The SMILES string of the molecule is O=C(O)P(=O)(O)O.[H-].[H-].[H-].[Na+].[Na+].[Na+]. The van der Waals surface area contributed by atoms with Crippen molar-refractivity contribution < 1.29 is 117 Å². The van der Waals surface area contributed by atoms with Crippen molar-refractivity contribution in [2.45, 2.75) is 0 Å². The zero-order valence-corrected chi connectivity index (χ0v) is 13.0. The van der Waals surface area contributed by atoms with Crippen molar-refractivity contribution in [3.05, 3.63) is 0 Å². The summed E-state index contributed by atoms with van der Waals surface area (Å²) in [4.78, 5) is 24.5. The minimum absolute atomic E-state index is 0. The summed E-state index contributed by atoms with van der Waals surface area (Å²) < 4.78 is 9.43. The standard InChI is InChI=1S/CH3O5P.3Na.3H/c2-1(3)7(4,5)6;;;;;;/h(H,2,3)(H2,4,5,6);;;;;;/q;3*+1;3*-1. The molecule has 0 atom stereocenters. The fourth-order valence-corrected chi connectivity index (χ4v) is 0. The fourth-order valence-electron chi connectivity index (χ4n) is 0. The maximum atomic E-state index is 9.43. The van der Waals surface area contributed by atoms with Crippen LogP contribution in [0.4, 0.5) is 4.79 Å². The Morgan fingerprint density at radius 1 is 1.20 bits per heavy atom. The van der Waals surface area contributed by atoms with E-state index >= 15 is 0 Å². The van der Waals surface area contributed by atoms with Crippen molar-refractivity contribution in [2.75, 3.05) is 0 Å². The molecule has 0 spiro atoms. The third-order valence-corrected chi connectivity index (χ3v) is 0.748. The molecule has 0 aromatic heterocycles. The maximum absolute atomic E-state index is 9.43. The second-order valence-corrected chi connectivity index (χ2v) is 2.30. The van der Waals surface area contributed by atoms with Crippen LogP contribution in [0.25, 0.3) is 0 Å². The van der Waals surface area contributed by atoms with Crippen LogP contribution in [0.2, 0.25) is 0 Å². The van der Waals surface area contributed by atoms with E-state index in [1.165, 1.54) is 0 Å². The number of rotatable bonds is 1. The maximum Gasteiger partial charge on any atom is 1.00 e. The zero-order valence-electron chi connectivity index (χ0n) is 9.11. The topological polar surface area (TPSA) is 94.8 Å². The Morgan fingerprint density at radius 3 is 1.30 bits per heavy atom. The third-order valence-electron chi connectivity index (χ3n) is 0.249. The normalized spacial score (nSPS) is 7.80. The number of carbonyl (C=O) groups is 1. The third kappa shape index (κ3) is 13.2. The van der Waals surface area contributed by atoms with Crippen LogP contribution >= 0.6 is 7.60 Å². The molecule has 3 N–H and O–H groups in total. The van der Waals surface area contributed by atoms with Crippen molar-refractivity contribution in [3.8, 4) is 0 Å². The number of carboxylic acid groups (broad SMARTS) is 1. The summed E-state index contributed by atoms with van der Waals surface area (Å²) in [6.07, 6.45) is 0. The van der Waals surface area contributed by atoms with Crippen LogP contribution in [0, 0.1) is 0 Å². The second kappa shape index (κ2) is 9.71. The van der Waals surface area contributed by atoms with E-state index in [2.05, 4.69) is 0 Å². The van der Waals surface area contributed by atoms with Crippen LogP contribution in [-0.4, -0.2) is 20.6 Å². The Kier molecular flexibility index (Phi) is 22.3. The van der Waals surface area contributed by atoms with Gasteiger partial charge in [0, 0.05) is 0 Å². The predicted octanol–water partition coefficient (Wildman–Crippen LogP) is -8.81. The molecular weight excluding hydrogens is 192 g/mol. The summed E-state index contributed by atoms with van der Waals surface area (Å²) in [5.41, 5.74) is -2.09. The summed E-state index contributed by atoms with van der Waals surface area (Å²) in [6.45, 7) is 0. The Hall–Kier alpha value is 2.62. The van der Waals surface area contributed by atoms with Gasteiger partial charge in [-0.1, -0.05) is 0 Å². The molecular formula is CH6Na3O5P. The molecule has 0 saturated carbocycles. The molecule has 0 heterocycles. The van der Waals surface area contributed by atoms with Crippen LogP contribution in [-0.2, 0) is 4.57 Å². The van der Waals surface area contributed by atoms with Gasteiger partial charge in [-0.3, -0.25) is 0 Å². The molecule has 0 bridgehead atoms. The van der Waals surface area contributed by atoms with E-state index in [-0.39, 0.29) is 93.0 Å². The molecule has 0 aliphatic carbocycles. The fraction of sp³-hybridized carbons (Fsp3) is 0. The van der Waals surface area contributed by atoms with Crippen molar-refractivity contribution in [3.63, 3.8) is 0 Å². The number of hydrogen-bond acceptors (Lipinski definition) is 2. The first-order valence-electron chi connectivity index (χ1n) is 1.23. The average molecular weight is 198 g/mol. The summed E-state index contributed by atoms with van der Waals surface area (Å²) in [6, 6.07) is 0. The van der Waals surface area contributed by atoms with Crippen LogP contribution in [0.15, 0.2) is 0 Å². The van der Waals surface area contributed by atoms with E-state index in [0.717, 1.165) is 0 Å². The second-order valence-electron chi connectivity index (χ2n) is 0.827. The summed E-state index contributed by atoms with van der Waals surface area (Å²) >= 11 is 0. The van der Waals surface area contributed by atoms with E-state index in [0.29, 0.717) is 0 Å². The molecule has 5 nitrogen and oxygen atoms in total. The van der Waals surface area contributed by atoms with Gasteiger partial charge in [-0.05, 0) is 0 Å². The smallest absolute Gasteiger partial charge is 1.00 e. The van der Waals surface area contributed by atoms with Gasteiger partial charge < -0.3 is 19.2 Å². The molecule has 0 aromatic rings. The van der Waals surface area contributed by atoms with Crippen molar-refractivity contribution in [2.24, 2.45) is 0 Å². The molecule has 10 heavy (non-hydrogen) atoms. The van der Waals surface area contributed by atoms with Crippen LogP contribution in [0.1, 0.15) is 4.28 Å². The van der Waals surface area contributed by atoms with Crippen LogP contribution in [0.3, 0.4) is 0 Å². The molecule has 0 amide bonds. The minimum atomic E-state index is -4.82. The Labute approximate surface area is 128 Å². The molecule has 48 valence electrons. The van der Waals surface area contributed by atoms with Gasteiger partial charge in [0.25, 0.3) is 0 Å². The van der Waals surface area contributed by atoms with Crippen molar-refractivity contribution in [1.82, 2.24) is 0 Å². The van der Waals surface area contributed by atoms with Gasteiger partial charge in [-0.25, -0.2) is 9.36 Å². The van der Waals surface area contributed by atoms with Gasteiger partial charge >= 0.3 is 102 Å². The Morgan fingerprint density at radius 2 is 1.30 bits per heavy atom. The van der Waals surface area contributed by atoms with Gasteiger partial charge in [0.05, 0.1) is 0 Å². The molecule has 0 aliphatic heterocycles. The summed E-state index contributed by atoms with van der Waals surface area (Å²) in [7, 11) is -4.82. The molecule has 0 fully saturated rings. The quantitative estimate of drug-likeness (QED) is 0.287. The van der Waals surface area contributed by atoms with E-state index < -0.39 is 13.3 Å².